The maximum Gasteiger partial charge on any atom is 0.165 e. The highest BCUT2D eigenvalue weighted by Crippen LogP contribution is 2.15. The second-order valence-corrected chi connectivity index (χ2v) is 5.56. The summed E-state index contributed by atoms with van der Waals surface area (Å²) in [6.07, 6.45) is 1.72. The number of morpholine rings is 1. The van der Waals surface area contributed by atoms with Gasteiger partial charge >= 0.3 is 0 Å². The summed E-state index contributed by atoms with van der Waals surface area (Å²) in [5.41, 5.74) is 0. The number of hydrogen-bond donors (Lipinski definition) is 1. The zero-order valence-corrected chi connectivity index (χ0v) is 13.4. The van der Waals surface area contributed by atoms with Crippen molar-refractivity contribution in [3.05, 3.63) is 48.4 Å². The Morgan fingerprint density at radius 2 is 2.21 bits per heavy atom. The summed E-state index contributed by atoms with van der Waals surface area (Å²) in [6, 6.07) is 10.2. The van der Waals surface area contributed by atoms with Gasteiger partial charge in [-0.3, -0.25) is 4.90 Å². The number of ether oxygens (including phenoxy) is 2. The molecule has 1 aromatic heterocycles. The van der Waals surface area contributed by atoms with Crippen LogP contribution in [0.2, 0.25) is 0 Å². The van der Waals surface area contributed by atoms with Gasteiger partial charge in [-0.2, -0.15) is 5.10 Å². The first kappa shape index (κ1) is 16.6. The molecule has 0 aliphatic carbocycles. The van der Waals surface area contributed by atoms with Crippen LogP contribution in [0.1, 0.15) is 0 Å². The summed E-state index contributed by atoms with van der Waals surface area (Å²) in [5.74, 6) is 0.707. The van der Waals surface area contributed by atoms with E-state index in [9.17, 15) is 4.39 Å². The quantitative estimate of drug-likeness (QED) is 0.834. The Kier molecular flexibility index (Phi) is 5.92. The Labute approximate surface area is 140 Å². The van der Waals surface area contributed by atoms with E-state index in [1.165, 1.54) is 6.07 Å². The van der Waals surface area contributed by atoms with Crippen LogP contribution in [0.3, 0.4) is 0 Å². The summed E-state index contributed by atoms with van der Waals surface area (Å²) in [7, 11) is 0. The van der Waals surface area contributed by atoms with Gasteiger partial charge in [0.2, 0.25) is 0 Å². The fraction of sp³-hybridized carbons (Fsp3) is 0.412. The van der Waals surface area contributed by atoms with Crippen LogP contribution >= 0.6 is 0 Å². The molecule has 3 rings (SSSR count). The predicted molar refractivity (Wildman–Crippen MR) is 88.6 cm³/mol. The van der Waals surface area contributed by atoms with Crippen molar-refractivity contribution < 1.29 is 13.9 Å². The highest BCUT2D eigenvalue weighted by molar-refractivity contribution is 5.31. The molecular weight excluding hydrogens is 311 g/mol. The van der Waals surface area contributed by atoms with E-state index >= 15 is 0 Å². The van der Waals surface area contributed by atoms with E-state index in [4.69, 9.17) is 9.47 Å². The third kappa shape index (κ3) is 4.87. The van der Waals surface area contributed by atoms with Crippen molar-refractivity contribution in [2.24, 2.45) is 0 Å². The molecule has 2 aromatic rings. The number of aromatic nitrogens is 2. The fourth-order valence-electron chi connectivity index (χ4n) is 2.57. The van der Waals surface area contributed by atoms with Gasteiger partial charge < -0.3 is 14.8 Å². The van der Waals surface area contributed by atoms with Crippen LogP contribution in [0.5, 0.6) is 5.75 Å². The molecule has 24 heavy (non-hydrogen) atoms. The smallest absolute Gasteiger partial charge is 0.165 e. The van der Waals surface area contributed by atoms with Crippen LogP contribution in [0, 0.1) is 5.82 Å². The third-order valence-electron chi connectivity index (χ3n) is 3.81. The summed E-state index contributed by atoms with van der Waals surface area (Å²) in [5, 5.41) is 11.0. The Hall–Kier alpha value is -2.25. The zero-order valence-electron chi connectivity index (χ0n) is 13.4. The SMILES string of the molecule is Fc1ccccc1OCCN1CCO[C@H](CNc2cccnn2)C1. The highest BCUT2D eigenvalue weighted by atomic mass is 19.1. The van der Waals surface area contributed by atoms with Crippen molar-refractivity contribution in [2.75, 3.05) is 44.7 Å². The first-order chi connectivity index (χ1) is 11.8. The second kappa shape index (κ2) is 8.56. The van der Waals surface area contributed by atoms with E-state index in [1.807, 2.05) is 12.1 Å². The Bertz CT molecular complexity index is 629. The number of para-hydroxylation sites is 1. The Morgan fingerprint density at radius 1 is 1.29 bits per heavy atom. The van der Waals surface area contributed by atoms with Gasteiger partial charge in [0, 0.05) is 32.4 Å². The number of rotatable bonds is 7. The molecule has 1 N–H and O–H groups in total. The highest BCUT2D eigenvalue weighted by Gasteiger charge is 2.20. The van der Waals surface area contributed by atoms with Crippen LogP contribution in [-0.2, 0) is 4.74 Å². The van der Waals surface area contributed by atoms with Crippen molar-refractivity contribution in [1.29, 1.82) is 0 Å². The molecule has 1 fully saturated rings. The molecular formula is C17H21FN4O2. The summed E-state index contributed by atoms with van der Waals surface area (Å²) >= 11 is 0. The molecule has 128 valence electrons. The zero-order chi connectivity index (χ0) is 16.6. The van der Waals surface area contributed by atoms with Crippen LogP contribution in [-0.4, -0.2) is 60.6 Å². The van der Waals surface area contributed by atoms with Crippen molar-refractivity contribution in [2.45, 2.75) is 6.10 Å². The first-order valence-corrected chi connectivity index (χ1v) is 8.04. The molecule has 0 unspecified atom stereocenters. The third-order valence-corrected chi connectivity index (χ3v) is 3.81. The molecule has 1 aliphatic heterocycles. The predicted octanol–water partition coefficient (Wildman–Crippen LogP) is 1.81. The Morgan fingerprint density at radius 3 is 3.04 bits per heavy atom. The van der Waals surface area contributed by atoms with Crippen LogP contribution < -0.4 is 10.1 Å². The number of benzene rings is 1. The molecule has 0 amide bonds. The number of anilines is 1. The Balaban J connectivity index is 1.40. The molecule has 6 nitrogen and oxygen atoms in total. The molecule has 0 saturated carbocycles. The monoisotopic (exact) mass is 332 g/mol. The van der Waals surface area contributed by atoms with Gasteiger partial charge in [0.15, 0.2) is 11.6 Å². The van der Waals surface area contributed by atoms with Gasteiger partial charge in [0.05, 0.1) is 12.7 Å². The van der Waals surface area contributed by atoms with Crippen molar-refractivity contribution in [1.82, 2.24) is 15.1 Å². The van der Waals surface area contributed by atoms with E-state index < -0.39 is 0 Å². The van der Waals surface area contributed by atoms with E-state index in [0.717, 1.165) is 25.5 Å². The first-order valence-electron chi connectivity index (χ1n) is 8.04. The second-order valence-electron chi connectivity index (χ2n) is 5.56. The molecule has 0 spiro atoms. The largest absolute Gasteiger partial charge is 0.489 e. The average Bonchev–Trinajstić information content (AvgIpc) is 2.63. The molecule has 1 saturated heterocycles. The maximum atomic E-state index is 13.5. The topological polar surface area (TPSA) is 59.5 Å². The van der Waals surface area contributed by atoms with E-state index in [-0.39, 0.29) is 11.9 Å². The number of hydrogen-bond acceptors (Lipinski definition) is 6. The summed E-state index contributed by atoms with van der Waals surface area (Å²) in [4.78, 5) is 2.26. The van der Waals surface area contributed by atoms with Gasteiger partial charge in [-0.05, 0) is 24.3 Å². The van der Waals surface area contributed by atoms with Gasteiger partial charge in [-0.15, -0.1) is 5.10 Å². The van der Waals surface area contributed by atoms with Crippen molar-refractivity contribution in [3.63, 3.8) is 0 Å². The molecule has 0 radical (unpaired) electrons. The van der Waals surface area contributed by atoms with Gasteiger partial charge in [-0.25, -0.2) is 4.39 Å². The van der Waals surface area contributed by atoms with Crippen LogP contribution in [0.15, 0.2) is 42.6 Å². The lowest BCUT2D eigenvalue weighted by molar-refractivity contribution is -0.0243. The molecule has 7 heteroatoms. The lowest BCUT2D eigenvalue weighted by atomic mass is 10.2. The van der Waals surface area contributed by atoms with Gasteiger partial charge in [-0.1, -0.05) is 12.1 Å². The van der Waals surface area contributed by atoms with Crippen molar-refractivity contribution in [3.8, 4) is 5.75 Å². The van der Waals surface area contributed by atoms with Crippen LogP contribution in [0.25, 0.3) is 0 Å². The number of nitrogens with zero attached hydrogens (tertiary/aromatic N) is 3. The molecule has 2 heterocycles. The maximum absolute atomic E-state index is 13.5. The molecule has 0 bridgehead atoms. The fourth-order valence-corrected chi connectivity index (χ4v) is 2.57. The van der Waals surface area contributed by atoms with Gasteiger partial charge in [0.25, 0.3) is 0 Å². The molecule has 1 aromatic carbocycles. The molecule has 1 aliphatic rings. The minimum atomic E-state index is -0.328. The standard InChI is InChI=1S/C17H21FN4O2/c18-15-4-1-2-5-16(15)24-11-9-22-8-10-23-14(13-22)12-19-17-6-3-7-20-21-17/h1-7,14H,8-13H2,(H,19,21)/t14-/m1/s1. The lowest BCUT2D eigenvalue weighted by Crippen LogP contribution is -2.46. The summed E-state index contributed by atoms with van der Waals surface area (Å²) < 4.78 is 24.8. The summed E-state index contributed by atoms with van der Waals surface area (Å²) in [6.45, 7) is 4.18. The lowest BCUT2D eigenvalue weighted by Gasteiger charge is -2.32. The minimum Gasteiger partial charge on any atom is -0.489 e. The van der Waals surface area contributed by atoms with Crippen LogP contribution in [0.4, 0.5) is 10.2 Å². The average molecular weight is 332 g/mol. The van der Waals surface area contributed by atoms with E-state index in [2.05, 4.69) is 20.4 Å². The normalized spacial score (nSPS) is 18.3. The number of halogens is 1. The number of nitrogens with one attached hydrogen (secondary N) is 1. The van der Waals surface area contributed by atoms with Crippen molar-refractivity contribution >= 4 is 5.82 Å². The van der Waals surface area contributed by atoms with Gasteiger partial charge in [0.1, 0.15) is 12.4 Å². The molecule has 1 atom stereocenters. The minimum absolute atomic E-state index is 0.0780. The van der Waals surface area contributed by atoms with E-state index in [0.29, 0.717) is 25.5 Å². The van der Waals surface area contributed by atoms with E-state index in [1.54, 1.807) is 24.4 Å².